The van der Waals surface area contributed by atoms with Crippen molar-refractivity contribution in [2.75, 3.05) is 6.61 Å². The summed E-state index contributed by atoms with van der Waals surface area (Å²) in [5, 5.41) is 28.7. The van der Waals surface area contributed by atoms with Crippen LogP contribution in [0.15, 0.2) is 18.3 Å². The van der Waals surface area contributed by atoms with Gasteiger partial charge in [-0.3, -0.25) is 4.98 Å². The van der Waals surface area contributed by atoms with Crippen molar-refractivity contribution in [3.05, 3.63) is 29.0 Å². The average Bonchev–Trinajstić information content (AvgIpc) is 2.56. The molecule has 0 spiro atoms. The van der Waals surface area contributed by atoms with Crippen molar-refractivity contribution >= 4 is 11.6 Å². The summed E-state index contributed by atoms with van der Waals surface area (Å²) in [6.45, 7) is -0.352. The van der Waals surface area contributed by atoms with E-state index in [9.17, 15) is 10.2 Å². The third kappa shape index (κ3) is 2.05. The Morgan fingerprint density at radius 2 is 2.12 bits per heavy atom. The Hall–Kier alpha value is -0.720. The quantitative estimate of drug-likeness (QED) is 0.677. The van der Waals surface area contributed by atoms with Crippen molar-refractivity contribution in [1.29, 1.82) is 0 Å². The van der Waals surface area contributed by atoms with E-state index < -0.39 is 24.4 Å². The van der Waals surface area contributed by atoms with E-state index >= 15 is 0 Å². The van der Waals surface area contributed by atoms with Crippen LogP contribution in [0.5, 0.6) is 0 Å². The number of aromatic nitrogens is 1. The van der Waals surface area contributed by atoms with Crippen LogP contribution >= 0.6 is 11.6 Å². The van der Waals surface area contributed by atoms with Gasteiger partial charge >= 0.3 is 0 Å². The van der Waals surface area contributed by atoms with Gasteiger partial charge in [-0.25, -0.2) is 0 Å². The molecule has 0 amide bonds. The molecule has 88 valence electrons. The van der Waals surface area contributed by atoms with Crippen LogP contribution in [0.25, 0.3) is 0 Å². The number of hydrogen-bond acceptors (Lipinski definition) is 5. The molecule has 1 saturated heterocycles. The van der Waals surface area contributed by atoms with Crippen molar-refractivity contribution < 1.29 is 20.1 Å². The minimum Gasteiger partial charge on any atom is -0.394 e. The predicted octanol–water partition coefficient (Wildman–Crippen LogP) is -0.111. The smallest absolute Gasteiger partial charge is 0.128 e. The van der Waals surface area contributed by atoms with E-state index in [1.165, 1.54) is 6.20 Å². The van der Waals surface area contributed by atoms with Crippen LogP contribution in [-0.2, 0) is 4.74 Å². The predicted molar refractivity (Wildman–Crippen MR) is 56.0 cm³/mol. The largest absolute Gasteiger partial charge is 0.394 e. The van der Waals surface area contributed by atoms with Gasteiger partial charge in [0.25, 0.3) is 0 Å². The second-order valence-corrected chi connectivity index (χ2v) is 4.09. The average molecular weight is 246 g/mol. The van der Waals surface area contributed by atoms with Crippen LogP contribution in [0, 0.1) is 0 Å². The van der Waals surface area contributed by atoms with Gasteiger partial charge in [-0.2, -0.15) is 0 Å². The Bertz CT molecular complexity index is 376. The summed E-state index contributed by atoms with van der Waals surface area (Å²) in [7, 11) is 0. The fourth-order valence-electron chi connectivity index (χ4n) is 1.72. The number of hydrogen-bond donors (Lipinski definition) is 3. The maximum atomic E-state index is 9.73. The van der Waals surface area contributed by atoms with Gasteiger partial charge in [-0.15, -0.1) is 0 Å². The molecule has 0 bridgehead atoms. The molecule has 6 heteroatoms. The van der Waals surface area contributed by atoms with Crippen molar-refractivity contribution in [2.24, 2.45) is 0 Å². The van der Waals surface area contributed by atoms with E-state index in [4.69, 9.17) is 21.4 Å². The number of halogens is 1. The van der Waals surface area contributed by atoms with Crippen LogP contribution in [0.3, 0.4) is 0 Å². The van der Waals surface area contributed by atoms with Crippen LogP contribution in [0.2, 0.25) is 5.02 Å². The monoisotopic (exact) mass is 245 g/mol. The number of aliphatic hydroxyl groups is 3. The van der Waals surface area contributed by atoms with Gasteiger partial charge in [-0.05, 0) is 12.1 Å². The summed E-state index contributed by atoms with van der Waals surface area (Å²) in [4.78, 5) is 4.01. The van der Waals surface area contributed by atoms with Gasteiger partial charge in [0, 0.05) is 11.2 Å². The Kier molecular flexibility index (Phi) is 3.41. The van der Waals surface area contributed by atoms with Gasteiger partial charge in [-0.1, -0.05) is 11.6 Å². The third-order valence-corrected chi connectivity index (χ3v) is 2.81. The minimum absolute atomic E-state index is 0.352. The number of aliphatic hydroxyl groups excluding tert-OH is 3. The first kappa shape index (κ1) is 11.8. The highest BCUT2D eigenvalue weighted by Crippen LogP contribution is 2.33. The molecular weight excluding hydrogens is 234 g/mol. The fourth-order valence-corrected chi connectivity index (χ4v) is 1.89. The Morgan fingerprint density at radius 3 is 2.69 bits per heavy atom. The van der Waals surface area contributed by atoms with Crippen molar-refractivity contribution in [3.63, 3.8) is 0 Å². The number of pyridine rings is 1. The van der Waals surface area contributed by atoms with Gasteiger partial charge in [0.05, 0.1) is 12.3 Å². The molecule has 5 nitrogen and oxygen atoms in total. The summed E-state index contributed by atoms with van der Waals surface area (Å²) in [6, 6.07) is 3.16. The zero-order chi connectivity index (χ0) is 11.7. The topological polar surface area (TPSA) is 82.8 Å². The zero-order valence-corrected chi connectivity index (χ0v) is 9.08. The van der Waals surface area contributed by atoms with Crippen LogP contribution in [0.4, 0.5) is 0 Å². The minimum atomic E-state index is -1.12. The molecule has 2 rings (SSSR count). The molecule has 0 radical (unpaired) electrons. The maximum absolute atomic E-state index is 9.73. The molecule has 4 atom stereocenters. The molecule has 16 heavy (non-hydrogen) atoms. The van der Waals surface area contributed by atoms with Gasteiger partial charge in [0.2, 0.25) is 0 Å². The van der Waals surface area contributed by atoms with Crippen molar-refractivity contribution in [2.45, 2.75) is 24.4 Å². The van der Waals surface area contributed by atoms with E-state index in [0.717, 1.165) is 0 Å². The maximum Gasteiger partial charge on any atom is 0.128 e. The fraction of sp³-hybridized carbons (Fsp3) is 0.500. The van der Waals surface area contributed by atoms with Gasteiger partial charge in [0.15, 0.2) is 0 Å². The van der Waals surface area contributed by atoms with Gasteiger partial charge < -0.3 is 20.1 Å². The first-order valence-electron chi connectivity index (χ1n) is 4.87. The summed E-state index contributed by atoms with van der Waals surface area (Å²) in [5.74, 6) is 0. The lowest BCUT2D eigenvalue weighted by atomic mass is 10.1. The first-order valence-corrected chi connectivity index (χ1v) is 5.25. The zero-order valence-electron chi connectivity index (χ0n) is 8.32. The van der Waals surface area contributed by atoms with Crippen molar-refractivity contribution in [3.8, 4) is 0 Å². The molecule has 0 saturated carbocycles. The lowest BCUT2D eigenvalue weighted by Crippen LogP contribution is -2.32. The molecule has 1 aromatic heterocycles. The van der Waals surface area contributed by atoms with Gasteiger partial charge in [0.1, 0.15) is 24.4 Å². The number of ether oxygens (including phenoxy) is 1. The highest BCUT2D eigenvalue weighted by molar-refractivity contribution is 6.30. The second kappa shape index (κ2) is 4.65. The van der Waals surface area contributed by atoms with Crippen LogP contribution in [0.1, 0.15) is 11.8 Å². The molecular formula is C10H12ClNO4. The highest BCUT2D eigenvalue weighted by atomic mass is 35.5. The Labute approximate surface area is 97.3 Å². The summed E-state index contributed by atoms with van der Waals surface area (Å²) < 4.78 is 5.31. The Morgan fingerprint density at radius 1 is 1.38 bits per heavy atom. The third-order valence-electron chi connectivity index (χ3n) is 2.58. The first-order chi connectivity index (χ1) is 7.63. The van der Waals surface area contributed by atoms with Crippen molar-refractivity contribution in [1.82, 2.24) is 4.98 Å². The molecule has 2 heterocycles. The van der Waals surface area contributed by atoms with E-state index in [-0.39, 0.29) is 6.61 Å². The normalized spacial score (nSPS) is 34.2. The van der Waals surface area contributed by atoms with Crippen LogP contribution < -0.4 is 0 Å². The molecule has 0 unspecified atom stereocenters. The Balaban J connectivity index is 2.23. The lowest BCUT2D eigenvalue weighted by molar-refractivity contribution is -0.0239. The number of rotatable bonds is 2. The molecule has 0 aliphatic carbocycles. The highest BCUT2D eigenvalue weighted by Gasteiger charge is 2.43. The lowest BCUT2D eigenvalue weighted by Gasteiger charge is -2.13. The molecule has 1 aliphatic rings. The van der Waals surface area contributed by atoms with E-state index in [1.807, 2.05) is 0 Å². The van der Waals surface area contributed by atoms with E-state index in [2.05, 4.69) is 4.98 Å². The SMILES string of the molecule is OC[C@H]1O[C@@H](c2cc(Cl)ccn2)[C@H](O)[C@@H]1O. The summed E-state index contributed by atoms with van der Waals surface area (Å²) >= 11 is 5.79. The summed E-state index contributed by atoms with van der Waals surface area (Å²) in [5.41, 5.74) is 0.440. The summed E-state index contributed by atoms with van der Waals surface area (Å²) in [6.07, 6.45) is -2.28. The second-order valence-electron chi connectivity index (χ2n) is 3.66. The molecule has 1 aromatic rings. The molecule has 3 N–H and O–H groups in total. The van der Waals surface area contributed by atoms with E-state index in [1.54, 1.807) is 12.1 Å². The number of nitrogens with zero attached hydrogens (tertiary/aromatic N) is 1. The van der Waals surface area contributed by atoms with E-state index in [0.29, 0.717) is 10.7 Å². The van der Waals surface area contributed by atoms with Crippen LogP contribution in [-0.4, -0.2) is 45.2 Å². The molecule has 0 aromatic carbocycles. The molecule has 1 fully saturated rings. The standard InChI is InChI=1S/C10H12ClNO4/c11-5-1-2-12-6(3-5)10-9(15)8(14)7(4-13)16-10/h1-3,7-10,13-15H,4H2/t7-,8-,9-,10+/m1/s1. The molecule has 1 aliphatic heterocycles.